The predicted octanol–water partition coefficient (Wildman–Crippen LogP) is 1.15. The Morgan fingerprint density at radius 3 is 2.70 bits per heavy atom. The molecule has 0 radical (unpaired) electrons. The first-order valence-corrected chi connectivity index (χ1v) is 9.71. The fourth-order valence-electron chi connectivity index (χ4n) is 4.04. The highest BCUT2D eigenvalue weighted by atomic mass is 16.2. The minimum Gasteiger partial charge on any atom is -0.353 e. The van der Waals surface area contributed by atoms with Crippen molar-refractivity contribution < 1.29 is 4.79 Å². The number of fused-ring (bicyclic) bond motifs is 1. The molecule has 0 spiro atoms. The Morgan fingerprint density at radius 2 is 1.96 bits per heavy atom. The number of hydrogen-bond acceptors (Lipinski definition) is 4. The van der Waals surface area contributed by atoms with Gasteiger partial charge in [0, 0.05) is 33.1 Å². The lowest BCUT2D eigenvalue weighted by Crippen LogP contribution is -2.43. The second kappa shape index (κ2) is 7.70. The first kappa shape index (κ1) is 19.4. The van der Waals surface area contributed by atoms with E-state index in [2.05, 4.69) is 24.1 Å². The SMILES string of the molecule is C[C@@H]1[C@H](C)CCC[C@@H]1NC(=O)CCCn1cnc2c1c(=O)n(C)c(=O)n2C. The average Bonchev–Trinajstić information content (AvgIpc) is 3.06. The van der Waals surface area contributed by atoms with Crippen LogP contribution in [-0.2, 0) is 25.4 Å². The highest BCUT2D eigenvalue weighted by molar-refractivity contribution is 5.76. The summed E-state index contributed by atoms with van der Waals surface area (Å²) in [6, 6.07) is 0.261. The Bertz CT molecular complexity index is 955. The molecular weight excluding hydrogens is 346 g/mol. The van der Waals surface area contributed by atoms with Gasteiger partial charge in [0.1, 0.15) is 0 Å². The molecule has 2 heterocycles. The molecule has 1 fully saturated rings. The van der Waals surface area contributed by atoms with Crippen molar-refractivity contribution in [3.8, 4) is 0 Å². The molecule has 27 heavy (non-hydrogen) atoms. The summed E-state index contributed by atoms with van der Waals surface area (Å²) in [4.78, 5) is 40.9. The zero-order chi connectivity index (χ0) is 19.7. The molecule has 0 saturated heterocycles. The van der Waals surface area contributed by atoms with Crippen LogP contribution in [0.5, 0.6) is 0 Å². The summed E-state index contributed by atoms with van der Waals surface area (Å²) in [5, 5.41) is 3.18. The van der Waals surface area contributed by atoms with Crippen molar-refractivity contribution in [1.29, 1.82) is 0 Å². The maximum atomic E-state index is 12.4. The molecular formula is C19H29N5O3. The monoisotopic (exact) mass is 375 g/mol. The number of carbonyl (C=O) groups excluding carboxylic acids is 1. The Labute approximate surface area is 158 Å². The van der Waals surface area contributed by atoms with Gasteiger partial charge in [0.05, 0.1) is 6.33 Å². The molecule has 2 aromatic rings. The van der Waals surface area contributed by atoms with Gasteiger partial charge in [0.25, 0.3) is 5.56 Å². The molecule has 8 nitrogen and oxygen atoms in total. The van der Waals surface area contributed by atoms with Crippen LogP contribution >= 0.6 is 0 Å². The lowest BCUT2D eigenvalue weighted by molar-refractivity contribution is -0.122. The molecule has 1 saturated carbocycles. The van der Waals surface area contributed by atoms with Crippen LogP contribution in [0.1, 0.15) is 46.0 Å². The number of rotatable bonds is 5. The van der Waals surface area contributed by atoms with Crippen molar-refractivity contribution in [2.24, 2.45) is 25.9 Å². The highest BCUT2D eigenvalue weighted by Crippen LogP contribution is 2.29. The van der Waals surface area contributed by atoms with E-state index in [0.29, 0.717) is 42.4 Å². The smallest absolute Gasteiger partial charge is 0.332 e. The zero-order valence-electron chi connectivity index (χ0n) is 16.6. The minimum atomic E-state index is -0.395. The van der Waals surface area contributed by atoms with Gasteiger partial charge in [-0.15, -0.1) is 0 Å². The van der Waals surface area contributed by atoms with E-state index in [1.165, 1.54) is 24.5 Å². The van der Waals surface area contributed by atoms with Crippen molar-refractivity contribution >= 4 is 17.1 Å². The molecule has 1 aliphatic carbocycles. The van der Waals surface area contributed by atoms with Crippen molar-refractivity contribution in [3.63, 3.8) is 0 Å². The van der Waals surface area contributed by atoms with Crippen LogP contribution in [-0.4, -0.2) is 30.6 Å². The number of amides is 1. The number of nitrogens with zero attached hydrogens (tertiary/aromatic N) is 4. The summed E-state index contributed by atoms with van der Waals surface area (Å²) in [5.74, 6) is 1.21. The number of nitrogens with one attached hydrogen (secondary N) is 1. The topological polar surface area (TPSA) is 90.9 Å². The molecule has 2 aromatic heterocycles. The third kappa shape index (κ3) is 3.70. The minimum absolute atomic E-state index is 0.0608. The average molecular weight is 375 g/mol. The molecule has 1 amide bonds. The van der Waals surface area contributed by atoms with E-state index < -0.39 is 5.69 Å². The lowest BCUT2D eigenvalue weighted by atomic mass is 9.78. The molecule has 8 heteroatoms. The van der Waals surface area contributed by atoms with E-state index in [1.54, 1.807) is 17.9 Å². The zero-order valence-corrected chi connectivity index (χ0v) is 16.6. The summed E-state index contributed by atoms with van der Waals surface area (Å²) >= 11 is 0. The molecule has 3 atom stereocenters. The van der Waals surface area contributed by atoms with Crippen LogP contribution in [0.3, 0.4) is 0 Å². The normalized spacial score (nSPS) is 22.9. The summed E-state index contributed by atoms with van der Waals surface area (Å²) in [6.45, 7) is 4.97. The van der Waals surface area contributed by atoms with Crippen LogP contribution in [0, 0.1) is 11.8 Å². The summed E-state index contributed by atoms with van der Waals surface area (Å²) < 4.78 is 4.18. The molecule has 148 valence electrons. The maximum Gasteiger partial charge on any atom is 0.332 e. The first-order valence-electron chi connectivity index (χ1n) is 9.71. The van der Waals surface area contributed by atoms with E-state index in [9.17, 15) is 14.4 Å². The van der Waals surface area contributed by atoms with Gasteiger partial charge in [-0.25, -0.2) is 9.78 Å². The fourth-order valence-corrected chi connectivity index (χ4v) is 4.04. The van der Waals surface area contributed by atoms with Gasteiger partial charge in [-0.1, -0.05) is 26.7 Å². The second-order valence-electron chi connectivity index (χ2n) is 7.86. The number of aryl methyl sites for hydroxylation is 2. The molecule has 0 bridgehead atoms. The Morgan fingerprint density at radius 1 is 1.22 bits per heavy atom. The van der Waals surface area contributed by atoms with Gasteiger partial charge < -0.3 is 9.88 Å². The third-order valence-electron chi connectivity index (χ3n) is 6.07. The number of hydrogen-bond donors (Lipinski definition) is 1. The molecule has 0 aliphatic heterocycles. The van der Waals surface area contributed by atoms with Crippen LogP contribution in [0.2, 0.25) is 0 Å². The van der Waals surface area contributed by atoms with Crippen molar-refractivity contribution in [1.82, 2.24) is 24.0 Å². The van der Waals surface area contributed by atoms with Gasteiger partial charge in [0.2, 0.25) is 5.91 Å². The second-order valence-corrected chi connectivity index (χ2v) is 7.86. The summed E-state index contributed by atoms with van der Waals surface area (Å²) in [6.07, 6.45) is 6.03. The molecule has 3 rings (SSSR count). The van der Waals surface area contributed by atoms with Crippen LogP contribution in [0.15, 0.2) is 15.9 Å². The number of aromatic nitrogens is 4. The van der Waals surface area contributed by atoms with Crippen molar-refractivity contribution in [2.75, 3.05) is 0 Å². The summed E-state index contributed by atoms with van der Waals surface area (Å²) in [7, 11) is 3.06. The van der Waals surface area contributed by atoms with Gasteiger partial charge >= 0.3 is 5.69 Å². The highest BCUT2D eigenvalue weighted by Gasteiger charge is 2.27. The van der Waals surface area contributed by atoms with E-state index in [0.717, 1.165) is 11.0 Å². The largest absolute Gasteiger partial charge is 0.353 e. The maximum absolute atomic E-state index is 12.4. The van der Waals surface area contributed by atoms with Crippen LogP contribution in [0.25, 0.3) is 11.2 Å². The standard InChI is InChI=1S/C19H29N5O3/c1-12-7-5-8-14(13(12)2)21-15(25)9-6-10-24-11-20-17-16(24)18(26)23(4)19(27)22(17)3/h11-14H,5-10H2,1-4H3,(H,21,25)/t12-,13-,14+/m1/s1. The Hall–Kier alpha value is -2.38. The number of carbonyl (C=O) groups is 1. The molecule has 0 aromatic carbocycles. The van der Waals surface area contributed by atoms with Gasteiger partial charge in [-0.05, 0) is 24.7 Å². The van der Waals surface area contributed by atoms with Gasteiger partial charge in [0.15, 0.2) is 11.2 Å². The summed E-state index contributed by atoms with van der Waals surface area (Å²) in [5.41, 5.74) is 0.0142. The lowest BCUT2D eigenvalue weighted by Gasteiger charge is -2.34. The van der Waals surface area contributed by atoms with Crippen molar-refractivity contribution in [2.45, 2.75) is 58.5 Å². The predicted molar refractivity (Wildman–Crippen MR) is 104 cm³/mol. The molecule has 0 unspecified atom stereocenters. The van der Waals surface area contributed by atoms with Crippen LogP contribution in [0.4, 0.5) is 0 Å². The third-order valence-corrected chi connectivity index (χ3v) is 6.07. The molecule has 1 aliphatic rings. The Kier molecular flexibility index (Phi) is 5.53. The first-order chi connectivity index (χ1) is 12.8. The van der Waals surface area contributed by atoms with Crippen LogP contribution < -0.4 is 16.6 Å². The fraction of sp³-hybridized carbons (Fsp3) is 0.684. The quantitative estimate of drug-likeness (QED) is 0.849. The van der Waals surface area contributed by atoms with E-state index in [1.807, 2.05) is 0 Å². The van der Waals surface area contributed by atoms with E-state index in [-0.39, 0.29) is 17.5 Å². The Balaban J connectivity index is 1.63. The van der Waals surface area contributed by atoms with Gasteiger partial charge in [-0.2, -0.15) is 0 Å². The van der Waals surface area contributed by atoms with E-state index in [4.69, 9.17) is 0 Å². The van der Waals surface area contributed by atoms with Gasteiger partial charge in [-0.3, -0.25) is 18.7 Å². The van der Waals surface area contributed by atoms with Crippen molar-refractivity contribution in [3.05, 3.63) is 27.2 Å². The number of imidazole rings is 1. The molecule has 1 N–H and O–H groups in total. The van der Waals surface area contributed by atoms with E-state index >= 15 is 0 Å².